The lowest BCUT2D eigenvalue weighted by Crippen LogP contribution is -2.81. The number of anilines is 1. The zero-order valence-electron chi connectivity index (χ0n) is 56.5. The number of aliphatic hydroxyl groups excluding tert-OH is 2. The van der Waals surface area contributed by atoms with Crippen LogP contribution in [0.5, 0.6) is 23.0 Å². The third-order valence-corrected chi connectivity index (χ3v) is 23.3. The number of fused-ring (bicyclic) bond motifs is 9. The predicted octanol–water partition coefficient (Wildman–Crippen LogP) is 3.52. The Morgan fingerprint density at radius 1 is 0.838 bits per heavy atom. The van der Waals surface area contributed by atoms with Crippen molar-refractivity contribution < 1.29 is 102 Å². The van der Waals surface area contributed by atoms with Gasteiger partial charge in [-0.1, -0.05) is 56.3 Å². The summed E-state index contributed by atoms with van der Waals surface area (Å²) in [7, 11) is 5.41. The van der Waals surface area contributed by atoms with Gasteiger partial charge in [-0.05, 0) is 87.2 Å². The molecule has 1 amide bonds. The van der Waals surface area contributed by atoms with Crippen LogP contribution in [0.1, 0.15) is 144 Å². The first-order chi connectivity index (χ1) is 47.2. The minimum absolute atomic E-state index is 0.0173. The Balaban J connectivity index is 0.000000195. The molecule has 7 heterocycles. The maximum Gasteiger partial charge on any atom is 0.344 e. The van der Waals surface area contributed by atoms with Crippen LogP contribution in [0.2, 0.25) is 0 Å². The number of aromatic hydroxyl groups is 2. The fourth-order valence-electron chi connectivity index (χ4n) is 19.1. The van der Waals surface area contributed by atoms with Crippen molar-refractivity contribution >= 4 is 58.3 Å². The van der Waals surface area contributed by atoms with E-state index in [0.29, 0.717) is 99.5 Å². The van der Waals surface area contributed by atoms with E-state index in [4.69, 9.17) is 38.9 Å². The number of nitrogens with two attached hydrogens (primary N) is 1. The Morgan fingerprint density at radius 3 is 2.23 bits per heavy atom. The third-order valence-electron chi connectivity index (χ3n) is 23.3. The summed E-state index contributed by atoms with van der Waals surface area (Å²) in [5, 5.41) is 79.9. The van der Waals surface area contributed by atoms with E-state index in [0.717, 1.165) is 16.5 Å². The molecule has 26 nitrogen and oxygen atoms in total. The molecule has 26 heteroatoms. The largest absolute Gasteiger partial charge is 0.507 e. The fraction of sp³-hybridized carbons (Fsp3) is 0.521. The number of phenols is 2. The molecule has 10 N–H and O–H groups in total. The van der Waals surface area contributed by atoms with Crippen LogP contribution in [0.25, 0.3) is 10.9 Å². The van der Waals surface area contributed by atoms with E-state index < -0.39 is 159 Å². The van der Waals surface area contributed by atoms with Gasteiger partial charge in [0.1, 0.15) is 40.6 Å². The molecule has 6 aliphatic heterocycles. The van der Waals surface area contributed by atoms with Crippen LogP contribution in [0, 0.1) is 11.3 Å². The highest BCUT2D eigenvalue weighted by Gasteiger charge is 2.81. The Hall–Kier alpha value is -8.15. The normalized spacial score (nSPS) is 33.9. The van der Waals surface area contributed by atoms with Crippen molar-refractivity contribution in [3.63, 3.8) is 0 Å². The van der Waals surface area contributed by atoms with Crippen molar-refractivity contribution in [3.8, 4) is 23.0 Å². The lowest BCUT2D eigenvalue weighted by molar-refractivity contribution is -0.247. The number of ketones is 3. The number of rotatable bonds is 13. The van der Waals surface area contributed by atoms with E-state index in [2.05, 4.69) is 20.9 Å². The van der Waals surface area contributed by atoms with E-state index in [9.17, 15) is 64.5 Å². The second-order valence-electron chi connectivity index (χ2n) is 28.3. The highest BCUT2D eigenvalue weighted by Crippen LogP contribution is 2.69. The topological polar surface area (TPSA) is 377 Å². The number of amides is 1. The second kappa shape index (κ2) is 25.2. The van der Waals surface area contributed by atoms with Crippen LogP contribution in [-0.4, -0.2) is 219 Å². The van der Waals surface area contributed by atoms with Gasteiger partial charge < -0.3 is 84.5 Å². The smallest absolute Gasteiger partial charge is 0.344 e. The third kappa shape index (κ3) is 10.1. The van der Waals surface area contributed by atoms with E-state index in [1.807, 2.05) is 50.3 Å². The molecule has 2 bridgehead atoms. The molecule has 1 spiro atoms. The number of benzene rings is 4. The monoisotopic (exact) mass is 1370 g/mol. The van der Waals surface area contributed by atoms with Crippen molar-refractivity contribution in [2.75, 3.05) is 72.7 Å². The number of piperidine rings is 1. The minimum atomic E-state index is -2.53. The number of para-hydroxylation sites is 1. The Labute approximate surface area is 570 Å². The molecule has 1 unspecified atom stereocenters. The molecule has 3 saturated heterocycles. The summed E-state index contributed by atoms with van der Waals surface area (Å²) in [5.74, 6) is -5.84. The van der Waals surface area contributed by atoms with Crippen LogP contribution in [-0.2, 0) is 71.3 Å². The average Bonchev–Trinajstić information content (AvgIpc) is 1.50. The van der Waals surface area contributed by atoms with Gasteiger partial charge in [-0.3, -0.25) is 38.6 Å². The number of carbonyl (C=O) groups is 7. The molecule has 1 aromatic heterocycles. The highest BCUT2D eigenvalue weighted by molar-refractivity contribution is 6.31. The molecular weight excluding hydrogens is 1280 g/mol. The summed E-state index contributed by atoms with van der Waals surface area (Å²) in [6.07, 6.45) is 0.710. The number of aliphatic hydroxyl groups is 5. The summed E-state index contributed by atoms with van der Waals surface area (Å²) < 4.78 is 40.7. The maximum absolute atomic E-state index is 15.3. The molecule has 1 saturated carbocycles. The molecule has 0 radical (unpaired) electrons. The lowest BCUT2D eigenvalue weighted by atomic mass is 9.47. The summed E-state index contributed by atoms with van der Waals surface area (Å²) in [6.45, 7) is 8.72. The first-order valence-electron chi connectivity index (χ1n) is 33.7. The molecule has 5 aromatic rings. The zero-order valence-corrected chi connectivity index (χ0v) is 56.5. The number of carbonyl (C=O) groups excluding carboxylic acids is 7. The number of nitrogens with zero attached hydrogens (tertiary/aromatic N) is 3. The second-order valence-corrected chi connectivity index (χ2v) is 28.3. The number of nitrogens with one attached hydrogen (secondary N) is 1. The molecule has 3 aliphatic carbocycles. The van der Waals surface area contributed by atoms with Crippen molar-refractivity contribution in [2.45, 2.75) is 162 Å². The SMILES string of the molecule is CC[C@]1(O)C[C@H]2CN(CCc3c([nH]c4ccccc34)[C@@](C(=O)OC)(c3cc4c(cc3OC)N(C=O)[C@H]3[C@@](O)(C(=O)OC)[C@H](OC(C)=O)[C@]5(CC)C=CCN6CC[C@]43[C@@H]65)C2)C1.COc1cccc2c1C(=O)c1c(O)c3c(c(O)c1C2=O)C[C@@](O)(C(=O)CO)C[C@@H]3O[C@H]1C[C@H](N)[C@H](O)[C@H](C)O1. The molecule has 9 aliphatic rings. The number of ether oxygens (including phenoxy) is 7. The Morgan fingerprint density at radius 2 is 1.57 bits per heavy atom. The van der Waals surface area contributed by atoms with Crippen LogP contribution < -0.4 is 20.1 Å². The van der Waals surface area contributed by atoms with E-state index in [1.54, 1.807) is 13.0 Å². The molecule has 99 heavy (non-hydrogen) atoms. The number of aromatic nitrogens is 1. The standard InChI is InChI=1S/C46H56N4O10.C27H29NO11/c1-7-42(55)22-28-23-45(40(53)58-5,36-30(14-18-48(24-28)25-42)29-12-9-10-13-33(29)47-36)32-20-31-34(21-35(32)57-4)50(26-51)38-44(31)16-19-49-17-11-15-43(8-2,37(44)49)39(60-27(3)52)46(38,56)41(54)59-6;1-10-22(31)13(28)6-17(38-10)39-15-8-27(36,16(30)9-29)7-12-19(15)26(35)21-20(24(12)33)23(32)11-4-3-5-14(37-2)18(11)25(21)34/h9-13,15,20-21,26,28,37-39,47,55-56H,7-8,14,16-19,22-25H2,1-6H3;3-5,10,13,15,17,22,29,31,33,35-36H,6-9,28H2,1-2H3/t28-,37+,38-,39-,42+,43-,44-,45+,46+;10-,13-,15-,17-,22+,27-/m10/s1. The molecular formula is C73H85N5O21. The van der Waals surface area contributed by atoms with Crippen LogP contribution >= 0.6 is 0 Å². The van der Waals surface area contributed by atoms with Crippen molar-refractivity contribution in [1.82, 2.24) is 14.8 Å². The average molecular weight is 1370 g/mol. The Kier molecular flexibility index (Phi) is 17.6. The van der Waals surface area contributed by atoms with Gasteiger partial charge in [-0.15, -0.1) is 0 Å². The number of phenolic OH excluding ortho intramolecular Hbond substituents is 2. The highest BCUT2D eigenvalue weighted by atomic mass is 16.7. The number of esters is 3. The molecule has 528 valence electrons. The summed E-state index contributed by atoms with van der Waals surface area (Å²) in [5.41, 5.74) is -0.777. The van der Waals surface area contributed by atoms with E-state index in [-0.39, 0.29) is 46.8 Å². The van der Waals surface area contributed by atoms with Gasteiger partial charge in [0.05, 0.1) is 80.8 Å². The van der Waals surface area contributed by atoms with Gasteiger partial charge in [-0.2, -0.15) is 0 Å². The number of hydrogen-bond acceptors (Lipinski definition) is 24. The number of methoxy groups -OCH3 is 4. The predicted molar refractivity (Wildman–Crippen MR) is 352 cm³/mol. The number of Topliss-reactive ketones (excluding diaryl/α,β-unsaturated/α-hetero) is 1. The number of aromatic amines is 1. The van der Waals surface area contributed by atoms with Crippen LogP contribution in [0.15, 0.2) is 66.7 Å². The molecule has 14 rings (SSSR count). The van der Waals surface area contributed by atoms with Gasteiger partial charge in [-0.25, -0.2) is 4.79 Å². The molecule has 4 fully saturated rings. The van der Waals surface area contributed by atoms with Crippen molar-refractivity contribution in [1.29, 1.82) is 0 Å². The van der Waals surface area contributed by atoms with E-state index in [1.165, 1.54) is 58.5 Å². The quantitative estimate of drug-likeness (QED) is 0.0262. The van der Waals surface area contributed by atoms with Crippen LogP contribution in [0.4, 0.5) is 5.69 Å². The fourth-order valence-corrected chi connectivity index (χ4v) is 19.1. The van der Waals surface area contributed by atoms with Gasteiger partial charge in [0.25, 0.3) is 0 Å². The summed E-state index contributed by atoms with van der Waals surface area (Å²) in [6, 6.07) is 13.6. The summed E-state index contributed by atoms with van der Waals surface area (Å²) >= 11 is 0. The van der Waals surface area contributed by atoms with Gasteiger partial charge in [0, 0.05) is 120 Å². The van der Waals surface area contributed by atoms with Crippen molar-refractivity contribution in [3.05, 3.63) is 123 Å². The van der Waals surface area contributed by atoms with Crippen LogP contribution in [0.3, 0.4) is 0 Å². The Bertz CT molecular complexity index is 4200. The zero-order chi connectivity index (χ0) is 71.0. The van der Waals surface area contributed by atoms with E-state index >= 15 is 4.79 Å². The first kappa shape index (κ1) is 69.3. The molecule has 16 atom stereocenters. The minimum Gasteiger partial charge on any atom is -0.507 e. The molecule has 4 aromatic carbocycles. The first-order valence-corrected chi connectivity index (χ1v) is 33.7. The van der Waals surface area contributed by atoms with Crippen molar-refractivity contribution in [2.24, 2.45) is 17.1 Å². The number of hydrogen-bond donors (Lipinski definition) is 9. The van der Waals surface area contributed by atoms with Gasteiger partial charge >= 0.3 is 17.9 Å². The van der Waals surface area contributed by atoms with Gasteiger partial charge in [0.2, 0.25) is 17.8 Å². The maximum atomic E-state index is 15.3. The van der Waals surface area contributed by atoms with Gasteiger partial charge in [0.15, 0.2) is 24.0 Å². The number of H-pyrrole nitrogens is 1. The lowest BCUT2D eigenvalue weighted by Gasteiger charge is -2.63. The summed E-state index contributed by atoms with van der Waals surface area (Å²) in [4.78, 5) is 106.